The van der Waals surface area contributed by atoms with Crippen LogP contribution in [0.15, 0.2) is 22.6 Å². The van der Waals surface area contributed by atoms with E-state index in [9.17, 15) is 5.11 Å². The van der Waals surface area contributed by atoms with Crippen LogP contribution in [0, 0.1) is 0 Å². The van der Waals surface area contributed by atoms with E-state index in [1.807, 2.05) is 13.2 Å². The molecule has 0 aliphatic carbocycles. The summed E-state index contributed by atoms with van der Waals surface area (Å²) in [5.41, 5.74) is 7.78. The average molecular weight is 267 g/mol. The fourth-order valence-corrected chi connectivity index (χ4v) is 2.36. The molecule has 1 heterocycles. The predicted octanol–water partition coefficient (Wildman–Crippen LogP) is 1.93. The van der Waals surface area contributed by atoms with E-state index in [4.69, 9.17) is 10.2 Å². The molecule has 0 bridgehead atoms. The Hall–Kier alpha value is -1.40. The zero-order valence-electron chi connectivity index (χ0n) is 10.4. The molecule has 2 rings (SSSR count). The number of hydrogen-bond acceptors (Lipinski definition) is 6. The molecule has 2 aromatic rings. The highest BCUT2D eigenvalue weighted by Gasteiger charge is 2.17. The molecule has 0 aliphatic heterocycles. The Balaban J connectivity index is 2.16. The Morgan fingerprint density at radius 1 is 1.56 bits per heavy atom. The molecule has 2 unspecified atom stereocenters. The third kappa shape index (κ3) is 2.70. The van der Waals surface area contributed by atoms with Crippen LogP contribution >= 0.6 is 11.8 Å². The van der Waals surface area contributed by atoms with Gasteiger partial charge in [-0.15, -0.1) is 0 Å². The van der Waals surface area contributed by atoms with Crippen LogP contribution in [0.3, 0.4) is 0 Å². The molecule has 0 aliphatic rings. The van der Waals surface area contributed by atoms with Crippen molar-refractivity contribution in [3.63, 3.8) is 0 Å². The van der Waals surface area contributed by atoms with E-state index in [2.05, 4.69) is 10.3 Å². The van der Waals surface area contributed by atoms with Gasteiger partial charge < -0.3 is 20.6 Å². The van der Waals surface area contributed by atoms with Crippen molar-refractivity contribution in [1.82, 2.24) is 4.98 Å². The summed E-state index contributed by atoms with van der Waals surface area (Å²) >= 11 is 1.60. The van der Waals surface area contributed by atoms with Crippen molar-refractivity contribution in [2.75, 3.05) is 23.9 Å². The Morgan fingerprint density at radius 3 is 3.00 bits per heavy atom. The van der Waals surface area contributed by atoms with E-state index in [0.29, 0.717) is 17.3 Å². The molecule has 1 aromatic carbocycles. The normalized spacial score (nSPS) is 14.6. The lowest BCUT2D eigenvalue weighted by Crippen LogP contribution is -2.31. The van der Waals surface area contributed by atoms with E-state index in [1.165, 1.54) is 0 Å². The standard InChI is InChI=1S/C12H17N3O2S/c1-7(11(6-16)18-2)14-12-15-9-5-8(13)3-4-10(9)17-12/h3-5,7,11,16H,6,13H2,1-2H3,(H,14,15). The van der Waals surface area contributed by atoms with Gasteiger partial charge in [0.15, 0.2) is 5.58 Å². The minimum atomic E-state index is 0.0652. The maximum absolute atomic E-state index is 9.22. The van der Waals surface area contributed by atoms with Gasteiger partial charge in [0.05, 0.1) is 6.61 Å². The number of thioether (sulfide) groups is 1. The number of aliphatic hydroxyl groups excluding tert-OH is 1. The average Bonchev–Trinajstić information content (AvgIpc) is 2.71. The summed E-state index contributed by atoms with van der Waals surface area (Å²) in [6.07, 6.45) is 1.96. The minimum Gasteiger partial charge on any atom is -0.424 e. The number of anilines is 2. The molecule has 2 atom stereocenters. The lowest BCUT2D eigenvalue weighted by atomic mass is 10.2. The number of aliphatic hydroxyl groups is 1. The van der Waals surface area contributed by atoms with Gasteiger partial charge in [0, 0.05) is 17.0 Å². The van der Waals surface area contributed by atoms with Crippen LogP contribution < -0.4 is 11.1 Å². The van der Waals surface area contributed by atoms with Gasteiger partial charge >= 0.3 is 0 Å². The van der Waals surface area contributed by atoms with Crippen molar-refractivity contribution in [1.29, 1.82) is 0 Å². The molecule has 0 amide bonds. The molecule has 5 nitrogen and oxygen atoms in total. The number of nitrogen functional groups attached to an aromatic ring is 1. The van der Waals surface area contributed by atoms with Gasteiger partial charge in [0.25, 0.3) is 6.01 Å². The number of aromatic nitrogens is 1. The highest BCUT2D eigenvalue weighted by molar-refractivity contribution is 7.99. The van der Waals surface area contributed by atoms with Crippen molar-refractivity contribution < 1.29 is 9.52 Å². The first-order valence-corrected chi connectivity index (χ1v) is 6.99. The summed E-state index contributed by atoms with van der Waals surface area (Å²) in [6.45, 7) is 2.10. The second-order valence-corrected chi connectivity index (χ2v) is 5.21. The Kier molecular flexibility index (Phi) is 3.98. The fraction of sp³-hybridized carbons (Fsp3) is 0.417. The molecule has 0 fully saturated rings. The molecule has 18 heavy (non-hydrogen) atoms. The smallest absolute Gasteiger partial charge is 0.295 e. The third-order valence-electron chi connectivity index (χ3n) is 2.80. The topological polar surface area (TPSA) is 84.3 Å². The number of rotatable bonds is 5. The van der Waals surface area contributed by atoms with Crippen LogP contribution in [0.2, 0.25) is 0 Å². The van der Waals surface area contributed by atoms with Crippen molar-refractivity contribution >= 4 is 34.6 Å². The van der Waals surface area contributed by atoms with E-state index >= 15 is 0 Å². The monoisotopic (exact) mass is 267 g/mol. The van der Waals surface area contributed by atoms with E-state index in [1.54, 1.807) is 30.0 Å². The molecule has 0 saturated heterocycles. The van der Waals surface area contributed by atoms with Gasteiger partial charge in [-0.1, -0.05) is 0 Å². The van der Waals surface area contributed by atoms with Gasteiger partial charge in [-0.25, -0.2) is 0 Å². The van der Waals surface area contributed by atoms with E-state index < -0.39 is 0 Å². The zero-order chi connectivity index (χ0) is 13.1. The summed E-state index contributed by atoms with van der Waals surface area (Å²) < 4.78 is 5.56. The quantitative estimate of drug-likeness (QED) is 0.718. The summed E-state index contributed by atoms with van der Waals surface area (Å²) in [4.78, 5) is 4.32. The van der Waals surface area contributed by atoms with Crippen molar-refractivity contribution in [2.45, 2.75) is 18.2 Å². The van der Waals surface area contributed by atoms with Crippen LogP contribution in [0.5, 0.6) is 0 Å². The molecule has 6 heteroatoms. The summed E-state index contributed by atoms with van der Waals surface area (Å²) in [5, 5.41) is 12.5. The van der Waals surface area contributed by atoms with Crippen LogP contribution in [0.1, 0.15) is 6.92 Å². The number of nitrogens with two attached hydrogens (primary N) is 1. The van der Waals surface area contributed by atoms with Gasteiger partial charge in [-0.2, -0.15) is 16.7 Å². The van der Waals surface area contributed by atoms with Crippen molar-refractivity contribution in [3.8, 4) is 0 Å². The summed E-state index contributed by atoms with van der Waals surface area (Å²) in [7, 11) is 0. The van der Waals surface area contributed by atoms with Crippen molar-refractivity contribution in [2.24, 2.45) is 0 Å². The lowest BCUT2D eigenvalue weighted by Gasteiger charge is -2.19. The fourth-order valence-electron chi connectivity index (χ4n) is 1.73. The molecule has 0 spiro atoms. The molecular weight excluding hydrogens is 250 g/mol. The number of nitrogens with one attached hydrogen (secondary N) is 1. The molecule has 0 saturated carbocycles. The molecule has 4 N–H and O–H groups in total. The summed E-state index contributed by atoms with van der Waals surface area (Å²) in [6, 6.07) is 5.86. The predicted molar refractivity (Wildman–Crippen MR) is 75.9 cm³/mol. The van der Waals surface area contributed by atoms with E-state index in [-0.39, 0.29) is 17.9 Å². The highest BCUT2D eigenvalue weighted by atomic mass is 32.2. The first kappa shape index (κ1) is 13.0. The second kappa shape index (κ2) is 5.49. The first-order valence-electron chi connectivity index (χ1n) is 5.70. The van der Waals surface area contributed by atoms with Gasteiger partial charge in [0.2, 0.25) is 0 Å². The number of benzene rings is 1. The number of oxazole rings is 1. The Bertz CT molecular complexity index is 525. The van der Waals surface area contributed by atoms with Crippen LogP contribution in [0.4, 0.5) is 11.7 Å². The Morgan fingerprint density at radius 2 is 2.33 bits per heavy atom. The van der Waals surface area contributed by atoms with Crippen molar-refractivity contribution in [3.05, 3.63) is 18.2 Å². The zero-order valence-corrected chi connectivity index (χ0v) is 11.2. The maximum Gasteiger partial charge on any atom is 0.295 e. The van der Waals surface area contributed by atoms with Crippen LogP contribution in [-0.2, 0) is 0 Å². The SMILES string of the molecule is CSC(CO)C(C)Nc1nc2cc(N)ccc2o1. The Labute approximate surface area is 110 Å². The van der Waals surface area contributed by atoms with Crippen LogP contribution in [-0.4, -0.2) is 34.2 Å². The number of hydrogen-bond donors (Lipinski definition) is 3. The minimum absolute atomic E-state index is 0.0652. The van der Waals surface area contributed by atoms with Gasteiger partial charge in [-0.05, 0) is 31.4 Å². The third-order valence-corrected chi connectivity index (χ3v) is 3.97. The molecule has 0 radical (unpaired) electrons. The molecular formula is C12H17N3O2S. The van der Waals surface area contributed by atoms with Gasteiger partial charge in [-0.3, -0.25) is 0 Å². The summed E-state index contributed by atoms with van der Waals surface area (Å²) in [5.74, 6) is 0. The maximum atomic E-state index is 9.22. The number of fused-ring (bicyclic) bond motifs is 1. The van der Waals surface area contributed by atoms with Gasteiger partial charge in [0.1, 0.15) is 5.52 Å². The first-order chi connectivity index (χ1) is 8.63. The molecule has 1 aromatic heterocycles. The second-order valence-electron chi connectivity index (χ2n) is 4.14. The van der Waals surface area contributed by atoms with E-state index in [0.717, 1.165) is 5.52 Å². The number of nitrogens with zero attached hydrogens (tertiary/aromatic N) is 1. The largest absolute Gasteiger partial charge is 0.424 e. The highest BCUT2D eigenvalue weighted by Crippen LogP contribution is 2.22. The lowest BCUT2D eigenvalue weighted by molar-refractivity contribution is 0.287. The molecule has 98 valence electrons. The van der Waals surface area contributed by atoms with Crippen LogP contribution in [0.25, 0.3) is 11.1 Å².